The third-order valence-corrected chi connectivity index (χ3v) is 2.64. The van der Waals surface area contributed by atoms with Crippen molar-refractivity contribution in [1.29, 1.82) is 0 Å². The van der Waals surface area contributed by atoms with E-state index in [0.717, 1.165) is 17.1 Å². The Hall–Kier alpha value is -2.01. The molecule has 0 aromatic carbocycles. The quantitative estimate of drug-likeness (QED) is 0.851. The Morgan fingerprint density at radius 3 is 2.61 bits per heavy atom. The van der Waals surface area contributed by atoms with Gasteiger partial charge in [0, 0.05) is 12.1 Å². The summed E-state index contributed by atoms with van der Waals surface area (Å²) in [5.41, 5.74) is 0.843. The molecule has 96 valence electrons. The van der Waals surface area contributed by atoms with Gasteiger partial charge in [0.1, 0.15) is 17.3 Å². The van der Waals surface area contributed by atoms with Gasteiger partial charge in [-0.3, -0.25) is 0 Å². The predicted molar refractivity (Wildman–Crippen MR) is 64.4 cm³/mol. The minimum atomic E-state index is -1.05. The van der Waals surface area contributed by atoms with Crippen LogP contribution in [0.3, 0.4) is 0 Å². The zero-order chi connectivity index (χ0) is 13.1. The lowest BCUT2D eigenvalue weighted by atomic mass is 10.2. The predicted octanol–water partition coefficient (Wildman–Crippen LogP) is 2.48. The molecule has 2 aromatic heterocycles. The Morgan fingerprint density at radius 2 is 2.06 bits per heavy atom. The lowest BCUT2D eigenvalue weighted by Gasteiger charge is -2.00. The van der Waals surface area contributed by atoms with Crippen LogP contribution in [0.4, 0.5) is 0 Å². The van der Waals surface area contributed by atoms with Crippen LogP contribution in [0, 0.1) is 13.8 Å². The molecule has 0 fully saturated rings. The summed E-state index contributed by atoms with van der Waals surface area (Å²) in [4.78, 5) is 10.7. The van der Waals surface area contributed by atoms with Crippen molar-refractivity contribution in [2.45, 2.75) is 26.9 Å². The fraction of sp³-hybridized carbons (Fsp3) is 0.308. The maximum absolute atomic E-state index is 10.7. The molecule has 0 aliphatic heterocycles. The van der Waals surface area contributed by atoms with E-state index in [2.05, 4.69) is 5.32 Å². The van der Waals surface area contributed by atoms with Crippen LogP contribution in [0.25, 0.3) is 0 Å². The Balaban J connectivity index is 1.92. The van der Waals surface area contributed by atoms with E-state index >= 15 is 0 Å². The largest absolute Gasteiger partial charge is 0.475 e. The second kappa shape index (κ2) is 5.10. The second-order valence-electron chi connectivity index (χ2n) is 4.11. The molecule has 0 saturated heterocycles. The number of carboxylic acids is 1. The number of carbonyl (C=O) groups is 1. The van der Waals surface area contributed by atoms with Crippen LogP contribution in [-0.4, -0.2) is 11.1 Å². The second-order valence-corrected chi connectivity index (χ2v) is 4.11. The van der Waals surface area contributed by atoms with Crippen LogP contribution in [0.1, 0.15) is 33.4 Å². The van der Waals surface area contributed by atoms with Gasteiger partial charge in [-0.1, -0.05) is 0 Å². The van der Waals surface area contributed by atoms with Gasteiger partial charge in [0.2, 0.25) is 5.76 Å². The number of hydrogen-bond acceptors (Lipinski definition) is 4. The van der Waals surface area contributed by atoms with E-state index in [1.807, 2.05) is 19.1 Å². The highest BCUT2D eigenvalue weighted by molar-refractivity contribution is 5.84. The Kier molecular flexibility index (Phi) is 3.53. The third-order valence-electron chi connectivity index (χ3n) is 2.64. The molecule has 0 amide bonds. The topological polar surface area (TPSA) is 75.6 Å². The molecule has 0 unspecified atom stereocenters. The van der Waals surface area contributed by atoms with E-state index in [1.165, 1.54) is 6.07 Å². The normalized spacial score (nSPS) is 10.8. The number of nitrogens with one attached hydrogen (secondary N) is 1. The molecular formula is C13H15NO4. The van der Waals surface area contributed by atoms with Crippen LogP contribution in [0.5, 0.6) is 0 Å². The summed E-state index contributed by atoms with van der Waals surface area (Å²) in [6, 6.07) is 5.36. The number of hydrogen-bond donors (Lipinski definition) is 2. The summed E-state index contributed by atoms with van der Waals surface area (Å²) in [6.07, 6.45) is 0. The molecule has 5 nitrogen and oxygen atoms in total. The van der Waals surface area contributed by atoms with Gasteiger partial charge in [-0.05, 0) is 32.0 Å². The first-order valence-corrected chi connectivity index (χ1v) is 5.65. The summed E-state index contributed by atoms with van der Waals surface area (Å²) in [7, 11) is 0. The van der Waals surface area contributed by atoms with E-state index < -0.39 is 5.97 Å². The van der Waals surface area contributed by atoms with Gasteiger partial charge in [-0.15, -0.1) is 0 Å². The molecule has 2 aromatic rings. The average Bonchev–Trinajstić information content (AvgIpc) is 2.87. The molecule has 0 bridgehead atoms. The molecule has 2 heterocycles. The fourth-order valence-electron chi connectivity index (χ4n) is 1.70. The van der Waals surface area contributed by atoms with Gasteiger partial charge in [0.05, 0.1) is 6.54 Å². The maximum Gasteiger partial charge on any atom is 0.371 e. The number of rotatable bonds is 5. The van der Waals surface area contributed by atoms with E-state index in [0.29, 0.717) is 18.8 Å². The van der Waals surface area contributed by atoms with Crippen LogP contribution in [0.15, 0.2) is 27.0 Å². The van der Waals surface area contributed by atoms with Gasteiger partial charge in [0.15, 0.2) is 0 Å². The molecular weight excluding hydrogens is 234 g/mol. The first kappa shape index (κ1) is 12.4. The molecule has 0 aliphatic rings. The number of furan rings is 2. The van der Waals surface area contributed by atoms with Crippen molar-refractivity contribution in [1.82, 2.24) is 5.32 Å². The molecule has 18 heavy (non-hydrogen) atoms. The standard InChI is InChI=1S/C13H15NO4/c1-8-3-4-11(17-8)7-14-6-10-5-12(13(15)16)18-9(10)2/h3-5,14H,6-7H2,1-2H3,(H,15,16). The lowest BCUT2D eigenvalue weighted by molar-refractivity contribution is 0.0661. The first-order chi connectivity index (χ1) is 8.56. The fourth-order valence-corrected chi connectivity index (χ4v) is 1.70. The number of aromatic carboxylic acids is 1. The average molecular weight is 249 g/mol. The van der Waals surface area contributed by atoms with Gasteiger partial charge in [-0.2, -0.15) is 0 Å². The molecule has 2 rings (SSSR count). The molecule has 5 heteroatoms. The first-order valence-electron chi connectivity index (χ1n) is 5.65. The molecule has 0 atom stereocenters. The van der Waals surface area contributed by atoms with Crippen molar-refractivity contribution < 1.29 is 18.7 Å². The van der Waals surface area contributed by atoms with Gasteiger partial charge >= 0.3 is 5.97 Å². The van der Waals surface area contributed by atoms with Crippen LogP contribution < -0.4 is 5.32 Å². The highest BCUT2D eigenvalue weighted by atomic mass is 16.4. The van der Waals surface area contributed by atoms with Crippen molar-refractivity contribution in [3.05, 3.63) is 46.8 Å². The number of aryl methyl sites for hydroxylation is 2. The summed E-state index contributed by atoms with van der Waals surface area (Å²) in [6.45, 7) is 4.78. The zero-order valence-electron chi connectivity index (χ0n) is 10.3. The highest BCUT2D eigenvalue weighted by Crippen LogP contribution is 2.14. The minimum Gasteiger partial charge on any atom is -0.475 e. The Labute approximate surface area is 104 Å². The van der Waals surface area contributed by atoms with Crippen molar-refractivity contribution in [3.8, 4) is 0 Å². The van der Waals surface area contributed by atoms with E-state index in [1.54, 1.807) is 6.92 Å². The highest BCUT2D eigenvalue weighted by Gasteiger charge is 2.12. The third kappa shape index (κ3) is 2.81. The van der Waals surface area contributed by atoms with Gasteiger partial charge in [0.25, 0.3) is 0 Å². The van der Waals surface area contributed by atoms with Crippen LogP contribution >= 0.6 is 0 Å². The number of carboxylic acid groups (broad SMARTS) is 1. The molecule has 0 spiro atoms. The SMILES string of the molecule is Cc1ccc(CNCc2cc(C(=O)O)oc2C)o1. The van der Waals surface area contributed by atoms with Crippen molar-refractivity contribution in [2.75, 3.05) is 0 Å². The van der Waals surface area contributed by atoms with E-state index in [4.69, 9.17) is 13.9 Å². The summed E-state index contributed by atoms with van der Waals surface area (Å²) < 4.78 is 10.5. The Morgan fingerprint density at radius 1 is 1.28 bits per heavy atom. The smallest absolute Gasteiger partial charge is 0.371 e. The summed E-state index contributed by atoms with van der Waals surface area (Å²) in [5, 5.41) is 12.0. The maximum atomic E-state index is 10.7. The summed E-state index contributed by atoms with van der Waals surface area (Å²) >= 11 is 0. The van der Waals surface area contributed by atoms with Crippen molar-refractivity contribution in [2.24, 2.45) is 0 Å². The monoisotopic (exact) mass is 249 g/mol. The van der Waals surface area contributed by atoms with Crippen LogP contribution in [-0.2, 0) is 13.1 Å². The van der Waals surface area contributed by atoms with E-state index in [-0.39, 0.29) is 5.76 Å². The van der Waals surface area contributed by atoms with Crippen molar-refractivity contribution in [3.63, 3.8) is 0 Å². The van der Waals surface area contributed by atoms with Crippen LogP contribution in [0.2, 0.25) is 0 Å². The minimum absolute atomic E-state index is 0.0295. The summed E-state index contributed by atoms with van der Waals surface area (Å²) in [5.74, 6) is 1.27. The molecule has 0 saturated carbocycles. The molecule has 0 radical (unpaired) electrons. The lowest BCUT2D eigenvalue weighted by Crippen LogP contribution is -2.12. The zero-order valence-corrected chi connectivity index (χ0v) is 10.3. The Bertz CT molecular complexity index is 553. The molecule has 0 aliphatic carbocycles. The van der Waals surface area contributed by atoms with Crippen molar-refractivity contribution >= 4 is 5.97 Å². The van der Waals surface area contributed by atoms with Gasteiger partial charge < -0.3 is 19.3 Å². The molecule has 2 N–H and O–H groups in total. The van der Waals surface area contributed by atoms with Gasteiger partial charge in [-0.25, -0.2) is 4.79 Å². The van der Waals surface area contributed by atoms with E-state index in [9.17, 15) is 4.79 Å².